The quantitative estimate of drug-likeness (QED) is 0.135. The third-order valence-corrected chi connectivity index (χ3v) is 5.89. The van der Waals surface area contributed by atoms with E-state index in [0.717, 1.165) is 12.8 Å². The molecule has 0 rings (SSSR count). The van der Waals surface area contributed by atoms with E-state index < -0.39 is 0 Å². The van der Waals surface area contributed by atoms with Crippen molar-refractivity contribution in [1.82, 2.24) is 0 Å². The van der Waals surface area contributed by atoms with Gasteiger partial charge in [0, 0.05) is 0 Å². The molecule has 0 aromatic rings. The van der Waals surface area contributed by atoms with E-state index in [0.29, 0.717) is 6.61 Å². The molecule has 28 heavy (non-hydrogen) atoms. The molecule has 0 heterocycles. The summed E-state index contributed by atoms with van der Waals surface area (Å²) in [6.07, 6.45) is 26.2. The van der Waals surface area contributed by atoms with Crippen molar-refractivity contribution in [3.8, 4) is 0 Å². The first kappa shape index (κ1) is 27.5. The standard InChI is InChI=1S/C26H52O2/c1-4-6-8-10-12-14-15-17-19-21-23-25(3)26(27)28-24-22-20-18-16-13-11-9-7-5-2/h25H,4-24H2,1-3H3. The molecule has 0 aromatic heterocycles. The van der Waals surface area contributed by atoms with Crippen molar-refractivity contribution in [2.75, 3.05) is 6.61 Å². The van der Waals surface area contributed by atoms with Crippen LogP contribution in [0.25, 0.3) is 0 Å². The smallest absolute Gasteiger partial charge is 0.308 e. The number of esters is 1. The van der Waals surface area contributed by atoms with Gasteiger partial charge in [0.25, 0.3) is 0 Å². The lowest BCUT2D eigenvalue weighted by Gasteiger charge is -2.11. The second-order valence-electron chi connectivity index (χ2n) is 8.87. The molecule has 0 amide bonds. The molecule has 0 bridgehead atoms. The monoisotopic (exact) mass is 396 g/mol. The highest BCUT2D eigenvalue weighted by molar-refractivity contribution is 5.71. The molecule has 0 aliphatic carbocycles. The topological polar surface area (TPSA) is 26.3 Å². The van der Waals surface area contributed by atoms with E-state index in [4.69, 9.17) is 4.74 Å². The van der Waals surface area contributed by atoms with Crippen molar-refractivity contribution in [2.45, 2.75) is 149 Å². The molecule has 1 atom stereocenters. The van der Waals surface area contributed by atoms with Crippen LogP contribution in [0.4, 0.5) is 0 Å². The summed E-state index contributed by atoms with van der Waals surface area (Å²) in [6, 6.07) is 0. The highest BCUT2D eigenvalue weighted by atomic mass is 16.5. The summed E-state index contributed by atoms with van der Waals surface area (Å²) in [7, 11) is 0. The first-order chi connectivity index (χ1) is 13.7. The van der Waals surface area contributed by atoms with E-state index in [1.165, 1.54) is 116 Å². The second-order valence-corrected chi connectivity index (χ2v) is 8.87. The molecule has 0 spiro atoms. The Balaban J connectivity index is 3.31. The Bertz CT molecular complexity index is 314. The third kappa shape index (κ3) is 20.2. The van der Waals surface area contributed by atoms with Crippen LogP contribution in [0.5, 0.6) is 0 Å². The zero-order valence-corrected chi connectivity index (χ0v) is 19.7. The number of carbonyl (C=O) groups excluding carboxylic acids is 1. The minimum Gasteiger partial charge on any atom is -0.465 e. The molecule has 2 heteroatoms. The summed E-state index contributed by atoms with van der Waals surface area (Å²) in [5.41, 5.74) is 0. The van der Waals surface area contributed by atoms with Gasteiger partial charge in [0.15, 0.2) is 0 Å². The maximum absolute atomic E-state index is 12.0. The van der Waals surface area contributed by atoms with Gasteiger partial charge in [-0.15, -0.1) is 0 Å². The third-order valence-electron chi connectivity index (χ3n) is 5.89. The molecular weight excluding hydrogens is 344 g/mol. The first-order valence-electron chi connectivity index (χ1n) is 12.9. The molecule has 168 valence electrons. The summed E-state index contributed by atoms with van der Waals surface area (Å²) >= 11 is 0. The maximum Gasteiger partial charge on any atom is 0.308 e. The van der Waals surface area contributed by atoms with E-state index >= 15 is 0 Å². The van der Waals surface area contributed by atoms with Gasteiger partial charge in [0.05, 0.1) is 12.5 Å². The van der Waals surface area contributed by atoms with Gasteiger partial charge in [-0.3, -0.25) is 4.79 Å². The molecule has 0 aliphatic heterocycles. The van der Waals surface area contributed by atoms with Crippen LogP contribution in [0.2, 0.25) is 0 Å². The predicted molar refractivity (Wildman–Crippen MR) is 124 cm³/mol. The van der Waals surface area contributed by atoms with Gasteiger partial charge in [-0.2, -0.15) is 0 Å². The SMILES string of the molecule is CCCCCCCCCCCCC(C)C(=O)OCCCCCCCCCCC. The molecule has 0 radical (unpaired) electrons. The normalized spacial score (nSPS) is 12.2. The van der Waals surface area contributed by atoms with Crippen LogP contribution in [-0.2, 0) is 9.53 Å². The summed E-state index contributed by atoms with van der Waals surface area (Å²) in [6.45, 7) is 7.19. The van der Waals surface area contributed by atoms with E-state index in [-0.39, 0.29) is 11.9 Å². The van der Waals surface area contributed by atoms with Gasteiger partial charge >= 0.3 is 5.97 Å². The molecule has 1 unspecified atom stereocenters. The number of ether oxygens (including phenoxy) is 1. The predicted octanol–water partition coefficient (Wildman–Crippen LogP) is 9.01. The minimum atomic E-state index is 0.0236. The van der Waals surface area contributed by atoms with Crippen LogP contribution in [0.3, 0.4) is 0 Å². The van der Waals surface area contributed by atoms with Gasteiger partial charge < -0.3 is 4.74 Å². The van der Waals surface area contributed by atoms with E-state index in [2.05, 4.69) is 13.8 Å². The molecule has 2 nitrogen and oxygen atoms in total. The molecule has 0 saturated carbocycles. The fourth-order valence-corrected chi connectivity index (χ4v) is 3.78. The molecule has 0 N–H and O–H groups in total. The highest BCUT2D eigenvalue weighted by Crippen LogP contribution is 2.15. The van der Waals surface area contributed by atoms with Gasteiger partial charge in [-0.05, 0) is 12.8 Å². The van der Waals surface area contributed by atoms with E-state index in [1.807, 2.05) is 6.92 Å². The van der Waals surface area contributed by atoms with E-state index in [9.17, 15) is 4.79 Å². The number of hydrogen-bond acceptors (Lipinski definition) is 2. The van der Waals surface area contributed by atoms with Crippen LogP contribution in [-0.4, -0.2) is 12.6 Å². The number of unbranched alkanes of at least 4 members (excludes halogenated alkanes) is 17. The summed E-state index contributed by atoms with van der Waals surface area (Å²) in [5.74, 6) is 0.100. The highest BCUT2D eigenvalue weighted by Gasteiger charge is 2.13. The van der Waals surface area contributed by atoms with Crippen molar-refractivity contribution in [3.05, 3.63) is 0 Å². The van der Waals surface area contributed by atoms with Crippen LogP contribution >= 0.6 is 0 Å². The number of rotatable bonds is 22. The fraction of sp³-hybridized carbons (Fsp3) is 0.962. The van der Waals surface area contributed by atoms with Crippen molar-refractivity contribution < 1.29 is 9.53 Å². The average molecular weight is 397 g/mol. The minimum absolute atomic E-state index is 0.0236. The zero-order valence-electron chi connectivity index (χ0n) is 19.7. The van der Waals surface area contributed by atoms with Crippen LogP contribution in [0, 0.1) is 5.92 Å². The number of hydrogen-bond donors (Lipinski definition) is 0. The zero-order chi connectivity index (χ0) is 20.7. The fourth-order valence-electron chi connectivity index (χ4n) is 3.78. The van der Waals surface area contributed by atoms with Crippen LogP contribution in [0.1, 0.15) is 149 Å². The largest absolute Gasteiger partial charge is 0.465 e. The number of carbonyl (C=O) groups is 1. The molecule has 0 fully saturated rings. The Morgan fingerprint density at radius 3 is 1.36 bits per heavy atom. The van der Waals surface area contributed by atoms with Crippen LogP contribution in [0.15, 0.2) is 0 Å². The Kier molecular flexibility index (Phi) is 22.3. The van der Waals surface area contributed by atoms with Gasteiger partial charge in [0.1, 0.15) is 0 Å². The van der Waals surface area contributed by atoms with Gasteiger partial charge in [0.2, 0.25) is 0 Å². The lowest BCUT2D eigenvalue weighted by Crippen LogP contribution is -2.15. The lowest BCUT2D eigenvalue weighted by atomic mass is 10.0. The summed E-state index contributed by atoms with van der Waals surface area (Å²) < 4.78 is 5.47. The molecule has 0 aromatic carbocycles. The summed E-state index contributed by atoms with van der Waals surface area (Å²) in [5, 5.41) is 0. The molecule has 0 aliphatic rings. The average Bonchev–Trinajstić information content (AvgIpc) is 2.70. The Morgan fingerprint density at radius 1 is 0.571 bits per heavy atom. The van der Waals surface area contributed by atoms with Gasteiger partial charge in [-0.25, -0.2) is 0 Å². The van der Waals surface area contributed by atoms with Crippen molar-refractivity contribution in [2.24, 2.45) is 5.92 Å². The van der Waals surface area contributed by atoms with Crippen molar-refractivity contribution in [3.63, 3.8) is 0 Å². The second kappa shape index (κ2) is 22.8. The lowest BCUT2D eigenvalue weighted by molar-refractivity contribution is -0.148. The van der Waals surface area contributed by atoms with E-state index in [1.54, 1.807) is 0 Å². The van der Waals surface area contributed by atoms with Gasteiger partial charge in [-0.1, -0.05) is 136 Å². The Hall–Kier alpha value is -0.530. The molecular formula is C26H52O2. The van der Waals surface area contributed by atoms with Crippen LogP contribution < -0.4 is 0 Å². The first-order valence-corrected chi connectivity index (χ1v) is 12.9. The summed E-state index contributed by atoms with van der Waals surface area (Å²) in [4.78, 5) is 12.0. The van der Waals surface area contributed by atoms with Crippen molar-refractivity contribution in [1.29, 1.82) is 0 Å². The Labute approximate surface area is 177 Å². The molecule has 0 saturated heterocycles. The van der Waals surface area contributed by atoms with Crippen molar-refractivity contribution >= 4 is 5.97 Å². The maximum atomic E-state index is 12.0. The Morgan fingerprint density at radius 2 is 0.929 bits per heavy atom.